The van der Waals surface area contributed by atoms with Crippen LogP contribution in [0.15, 0.2) is 24.3 Å². The van der Waals surface area contributed by atoms with Crippen molar-refractivity contribution in [1.82, 2.24) is 14.9 Å². The third-order valence-electron chi connectivity index (χ3n) is 4.14. The summed E-state index contributed by atoms with van der Waals surface area (Å²) in [4.78, 5) is 13.4. The molecule has 1 fully saturated rings. The van der Waals surface area contributed by atoms with E-state index in [2.05, 4.69) is 46.9 Å². The summed E-state index contributed by atoms with van der Waals surface area (Å²) in [6.07, 6.45) is 0. The topological polar surface area (TPSA) is 58.3 Å². The maximum atomic E-state index is 5.86. The van der Waals surface area contributed by atoms with E-state index in [1.165, 1.54) is 0 Å². The third kappa shape index (κ3) is 2.18. The van der Waals surface area contributed by atoms with Crippen molar-refractivity contribution in [2.75, 3.05) is 37.8 Å². The first-order chi connectivity index (χ1) is 9.56. The third-order valence-corrected chi connectivity index (χ3v) is 4.14. The van der Waals surface area contributed by atoms with Gasteiger partial charge in [0.05, 0.1) is 5.52 Å². The Bertz CT molecular complexity index is 625. The number of anilines is 2. The van der Waals surface area contributed by atoms with Crippen LogP contribution in [0, 0.1) is 5.92 Å². The number of nitrogens with two attached hydrogens (primary N) is 1. The maximum absolute atomic E-state index is 5.86. The normalized spacial score (nSPS) is 22.9. The summed E-state index contributed by atoms with van der Waals surface area (Å²) in [5.41, 5.74) is 6.78. The smallest absolute Gasteiger partial charge is 0.222 e. The molecule has 2 aromatic rings. The van der Waals surface area contributed by atoms with Crippen molar-refractivity contribution in [2.24, 2.45) is 5.92 Å². The molecule has 2 atom stereocenters. The average Bonchev–Trinajstić information content (AvgIpc) is 2.80. The summed E-state index contributed by atoms with van der Waals surface area (Å²) < 4.78 is 0. The van der Waals surface area contributed by atoms with E-state index in [0.717, 1.165) is 29.8 Å². The van der Waals surface area contributed by atoms with Crippen LogP contribution in [0.5, 0.6) is 0 Å². The van der Waals surface area contributed by atoms with E-state index in [-0.39, 0.29) is 0 Å². The number of benzene rings is 1. The van der Waals surface area contributed by atoms with E-state index in [4.69, 9.17) is 5.73 Å². The van der Waals surface area contributed by atoms with Crippen LogP contribution in [0.25, 0.3) is 10.9 Å². The van der Waals surface area contributed by atoms with E-state index >= 15 is 0 Å². The summed E-state index contributed by atoms with van der Waals surface area (Å²) in [7, 11) is 4.27. The van der Waals surface area contributed by atoms with Gasteiger partial charge in [-0.25, -0.2) is 4.98 Å². The van der Waals surface area contributed by atoms with E-state index in [1.807, 2.05) is 18.2 Å². The molecule has 1 aromatic heterocycles. The Morgan fingerprint density at radius 2 is 1.95 bits per heavy atom. The van der Waals surface area contributed by atoms with Gasteiger partial charge in [-0.15, -0.1) is 0 Å². The minimum absolute atomic E-state index is 0.347. The molecule has 2 unspecified atom stereocenters. The predicted octanol–water partition coefficient (Wildman–Crippen LogP) is 1.60. The van der Waals surface area contributed by atoms with Gasteiger partial charge in [0.2, 0.25) is 5.95 Å². The number of nitrogen functional groups attached to an aromatic ring is 1. The van der Waals surface area contributed by atoms with Gasteiger partial charge in [-0.2, -0.15) is 4.98 Å². The number of likely N-dealkylation sites (N-methyl/N-ethyl adjacent to an activating group) is 1. The van der Waals surface area contributed by atoms with Gasteiger partial charge >= 0.3 is 0 Å². The van der Waals surface area contributed by atoms with E-state index in [0.29, 0.717) is 17.9 Å². The van der Waals surface area contributed by atoms with E-state index < -0.39 is 0 Å². The molecule has 1 aliphatic heterocycles. The fourth-order valence-corrected chi connectivity index (χ4v) is 3.11. The second-order valence-electron chi connectivity index (χ2n) is 5.84. The molecular formula is C15H21N5. The minimum Gasteiger partial charge on any atom is -0.368 e. The summed E-state index contributed by atoms with van der Waals surface area (Å²) >= 11 is 0. The van der Waals surface area contributed by atoms with Gasteiger partial charge in [0.25, 0.3) is 0 Å². The van der Waals surface area contributed by atoms with Gasteiger partial charge in [-0.1, -0.05) is 19.1 Å². The van der Waals surface area contributed by atoms with Crippen molar-refractivity contribution in [2.45, 2.75) is 13.0 Å². The minimum atomic E-state index is 0.347. The molecule has 3 rings (SSSR count). The van der Waals surface area contributed by atoms with Crippen molar-refractivity contribution in [3.63, 3.8) is 0 Å². The molecule has 1 aliphatic rings. The number of hydrogen-bond acceptors (Lipinski definition) is 5. The monoisotopic (exact) mass is 271 g/mol. The molecule has 0 amide bonds. The number of nitrogens with zero attached hydrogens (tertiary/aromatic N) is 4. The second kappa shape index (κ2) is 4.90. The van der Waals surface area contributed by atoms with Crippen LogP contribution in [-0.4, -0.2) is 48.1 Å². The van der Waals surface area contributed by atoms with Crippen LogP contribution >= 0.6 is 0 Å². The van der Waals surface area contributed by atoms with Gasteiger partial charge in [0.15, 0.2) is 0 Å². The molecule has 2 N–H and O–H groups in total. The molecule has 5 heteroatoms. The van der Waals surface area contributed by atoms with Crippen LogP contribution in [0.4, 0.5) is 11.8 Å². The van der Waals surface area contributed by atoms with E-state index in [1.54, 1.807) is 0 Å². The van der Waals surface area contributed by atoms with Crippen LogP contribution in [0.2, 0.25) is 0 Å². The number of hydrogen-bond donors (Lipinski definition) is 1. The lowest BCUT2D eigenvalue weighted by Crippen LogP contribution is -2.34. The fourth-order valence-electron chi connectivity index (χ4n) is 3.11. The average molecular weight is 271 g/mol. The fraction of sp³-hybridized carbons (Fsp3) is 0.467. The van der Waals surface area contributed by atoms with Gasteiger partial charge in [0.1, 0.15) is 5.82 Å². The van der Waals surface area contributed by atoms with Gasteiger partial charge in [-0.05, 0) is 32.1 Å². The number of fused-ring (bicyclic) bond motifs is 1. The zero-order valence-corrected chi connectivity index (χ0v) is 12.2. The quantitative estimate of drug-likeness (QED) is 0.899. The lowest BCUT2D eigenvalue weighted by molar-refractivity contribution is 0.266. The summed E-state index contributed by atoms with van der Waals surface area (Å²) in [6, 6.07) is 8.60. The zero-order chi connectivity index (χ0) is 14.3. The lowest BCUT2D eigenvalue weighted by atomic mass is 10.1. The molecule has 1 saturated heterocycles. The highest BCUT2D eigenvalue weighted by molar-refractivity contribution is 5.90. The van der Waals surface area contributed by atoms with Crippen molar-refractivity contribution < 1.29 is 0 Å². The maximum Gasteiger partial charge on any atom is 0.222 e. The van der Waals surface area contributed by atoms with Crippen LogP contribution in [0.1, 0.15) is 6.92 Å². The highest BCUT2D eigenvalue weighted by Gasteiger charge is 2.32. The predicted molar refractivity (Wildman–Crippen MR) is 82.8 cm³/mol. The van der Waals surface area contributed by atoms with Crippen LogP contribution in [-0.2, 0) is 0 Å². The first-order valence-corrected chi connectivity index (χ1v) is 7.00. The molecule has 20 heavy (non-hydrogen) atoms. The highest BCUT2D eigenvalue weighted by atomic mass is 15.3. The lowest BCUT2D eigenvalue weighted by Gasteiger charge is -2.23. The Morgan fingerprint density at radius 3 is 2.65 bits per heavy atom. The number of aromatic nitrogens is 2. The van der Waals surface area contributed by atoms with Gasteiger partial charge < -0.3 is 15.5 Å². The first-order valence-electron chi connectivity index (χ1n) is 7.00. The van der Waals surface area contributed by atoms with Crippen molar-refractivity contribution in [3.8, 4) is 0 Å². The van der Waals surface area contributed by atoms with Gasteiger partial charge in [-0.3, -0.25) is 0 Å². The van der Waals surface area contributed by atoms with Crippen LogP contribution in [0.3, 0.4) is 0 Å². The second-order valence-corrected chi connectivity index (χ2v) is 5.84. The van der Waals surface area contributed by atoms with Crippen molar-refractivity contribution >= 4 is 22.7 Å². The summed E-state index contributed by atoms with van der Waals surface area (Å²) in [6.45, 7) is 4.27. The largest absolute Gasteiger partial charge is 0.368 e. The molecular weight excluding hydrogens is 250 g/mol. The molecule has 0 bridgehead atoms. The Labute approximate surface area is 119 Å². The Morgan fingerprint density at radius 1 is 1.20 bits per heavy atom. The molecule has 0 spiro atoms. The molecule has 106 valence electrons. The van der Waals surface area contributed by atoms with Crippen LogP contribution < -0.4 is 10.6 Å². The van der Waals surface area contributed by atoms with Crippen molar-refractivity contribution in [1.29, 1.82) is 0 Å². The molecule has 0 aliphatic carbocycles. The summed E-state index contributed by atoms with van der Waals surface area (Å²) in [5.74, 6) is 1.92. The molecule has 0 saturated carbocycles. The molecule has 5 nitrogen and oxygen atoms in total. The van der Waals surface area contributed by atoms with Crippen molar-refractivity contribution in [3.05, 3.63) is 24.3 Å². The highest BCUT2D eigenvalue weighted by Crippen LogP contribution is 2.30. The Balaban J connectivity index is 2.03. The number of rotatable bonds is 2. The molecule has 2 heterocycles. The molecule has 0 radical (unpaired) electrons. The Hall–Kier alpha value is -1.88. The van der Waals surface area contributed by atoms with E-state index in [9.17, 15) is 0 Å². The summed E-state index contributed by atoms with van der Waals surface area (Å²) in [5, 5.41) is 1.08. The Kier molecular flexibility index (Phi) is 3.22. The zero-order valence-electron chi connectivity index (χ0n) is 12.2. The number of para-hydroxylation sites is 1. The standard InChI is InChI=1S/C15H21N5/c1-10-8-20(9-13(10)19(2)3)14-11-6-4-5-7-12(11)17-15(16)18-14/h4-7,10,13H,8-9H2,1-3H3,(H2,16,17,18). The SMILES string of the molecule is CC1CN(c2nc(N)nc3ccccc23)CC1N(C)C. The van der Waals surface area contributed by atoms with Gasteiger partial charge in [0, 0.05) is 24.5 Å². The first kappa shape index (κ1) is 13.1. The molecule has 1 aromatic carbocycles.